The van der Waals surface area contributed by atoms with E-state index in [9.17, 15) is 4.79 Å². The number of amides is 1. The maximum atomic E-state index is 12.4. The van der Waals surface area contributed by atoms with E-state index in [1.54, 1.807) is 14.2 Å². The zero-order chi connectivity index (χ0) is 20.8. The van der Waals surface area contributed by atoms with E-state index >= 15 is 0 Å². The zero-order valence-corrected chi connectivity index (χ0v) is 17.7. The fraction of sp³-hybridized carbons (Fsp3) is 0.500. The van der Waals surface area contributed by atoms with Gasteiger partial charge in [-0.05, 0) is 56.4 Å². The molecule has 0 unspecified atom stereocenters. The Bertz CT molecular complexity index is 828. The van der Waals surface area contributed by atoms with E-state index in [4.69, 9.17) is 9.47 Å². The van der Waals surface area contributed by atoms with Crippen LogP contribution in [0.4, 0.5) is 5.95 Å². The summed E-state index contributed by atoms with van der Waals surface area (Å²) in [6, 6.07) is 7.56. The van der Waals surface area contributed by atoms with Gasteiger partial charge in [0.1, 0.15) is 0 Å². The van der Waals surface area contributed by atoms with Gasteiger partial charge in [0.05, 0.1) is 20.6 Å². The number of hydrogen-bond acceptors (Lipinski definition) is 6. The molecule has 0 radical (unpaired) electrons. The highest BCUT2D eigenvalue weighted by Crippen LogP contribution is 2.27. The maximum Gasteiger partial charge on any atom is 0.225 e. The van der Waals surface area contributed by atoms with Gasteiger partial charge in [0.25, 0.3) is 0 Å². The zero-order valence-electron chi connectivity index (χ0n) is 17.7. The van der Waals surface area contributed by atoms with Crippen LogP contribution in [-0.4, -0.2) is 49.7 Å². The molecule has 0 saturated carbocycles. The monoisotopic (exact) mass is 398 g/mol. The molecule has 7 heteroatoms. The average Bonchev–Trinajstić information content (AvgIpc) is 2.72. The Hall–Kier alpha value is -2.83. The van der Waals surface area contributed by atoms with Crippen LogP contribution in [0.3, 0.4) is 0 Å². The van der Waals surface area contributed by atoms with E-state index in [-0.39, 0.29) is 5.91 Å². The number of anilines is 1. The smallest absolute Gasteiger partial charge is 0.225 e. The number of rotatable bonds is 7. The Kier molecular flexibility index (Phi) is 6.90. The minimum Gasteiger partial charge on any atom is -0.493 e. The summed E-state index contributed by atoms with van der Waals surface area (Å²) in [4.78, 5) is 23.7. The molecule has 1 aliphatic rings. The largest absolute Gasteiger partial charge is 0.493 e. The van der Waals surface area contributed by atoms with Gasteiger partial charge in [-0.15, -0.1) is 0 Å². The third-order valence-electron chi connectivity index (χ3n) is 5.27. The summed E-state index contributed by atoms with van der Waals surface area (Å²) in [5, 5.41) is 3.08. The maximum absolute atomic E-state index is 12.4. The summed E-state index contributed by atoms with van der Waals surface area (Å²) in [6.45, 7) is 6.53. The predicted octanol–water partition coefficient (Wildman–Crippen LogP) is 2.69. The minimum atomic E-state index is 0.0253. The lowest BCUT2D eigenvalue weighted by molar-refractivity contribution is -0.120. The van der Waals surface area contributed by atoms with E-state index in [0.29, 0.717) is 30.4 Å². The van der Waals surface area contributed by atoms with Crippen molar-refractivity contribution in [2.45, 2.75) is 33.1 Å². The molecule has 7 nitrogen and oxygen atoms in total. The fourth-order valence-electron chi connectivity index (χ4n) is 3.68. The molecular weight excluding hydrogens is 368 g/mol. The van der Waals surface area contributed by atoms with Gasteiger partial charge in [0, 0.05) is 31.0 Å². The lowest BCUT2D eigenvalue weighted by Crippen LogP contribution is -2.39. The average molecular weight is 399 g/mol. The number of aryl methyl sites for hydroxylation is 2. The third kappa shape index (κ3) is 5.59. The third-order valence-corrected chi connectivity index (χ3v) is 5.27. The number of nitrogens with zero attached hydrogens (tertiary/aromatic N) is 3. The minimum absolute atomic E-state index is 0.0253. The number of ether oxygens (including phenoxy) is 2. The van der Waals surface area contributed by atoms with Crippen molar-refractivity contribution < 1.29 is 14.3 Å². The summed E-state index contributed by atoms with van der Waals surface area (Å²) < 4.78 is 10.5. The first kappa shape index (κ1) is 20.9. The Balaban J connectivity index is 1.46. The lowest BCUT2D eigenvalue weighted by atomic mass is 9.97. The van der Waals surface area contributed by atoms with Crippen LogP contribution >= 0.6 is 0 Å². The molecule has 0 aliphatic carbocycles. The summed E-state index contributed by atoms with van der Waals surface area (Å²) in [6.07, 6.45) is 2.37. The summed E-state index contributed by atoms with van der Waals surface area (Å²) >= 11 is 0. The molecule has 0 atom stereocenters. The van der Waals surface area contributed by atoms with Crippen LogP contribution < -0.4 is 19.7 Å². The normalized spacial score (nSPS) is 14.6. The first-order valence-corrected chi connectivity index (χ1v) is 10.0. The molecule has 2 aromatic rings. The molecule has 1 fully saturated rings. The van der Waals surface area contributed by atoms with Crippen molar-refractivity contribution in [1.29, 1.82) is 0 Å². The second-order valence-corrected chi connectivity index (χ2v) is 7.55. The Labute approximate surface area is 172 Å². The molecule has 0 bridgehead atoms. The SMILES string of the molecule is COc1ccc(CC(=O)NCC2CCN(c3nc(C)cc(C)n3)CC2)cc1OC. The van der Waals surface area contributed by atoms with Crippen LogP contribution in [0.25, 0.3) is 0 Å². The summed E-state index contributed by atoms with van der Waals surface area (Å²) in [5.74, 6) is 2.62. The van der Waals surface area contributed by atoms with Crippen molar-refractivity contribution in [3.63, 3.8) is 0 Å². The van der Waals surface area contributed by atoms with Gasteiger partial charge >= 0.3 is 0 Å². The topological polar surface area (TPSA) is 76.6 Å². The number of benzene rings is 1. The highest BCUT2D eigenvalue weighted by Gasteiger charge is 2.22. The number of aromatic nitrogens is 2. The molecule has 0 spiro atoms. The Morgan fingerprint density at radius 3 is 2.34 bits per heavy atom. The molecule has 29 heavy (non-hydrogen) atoms. The summed E-state index contributed by atoms with van der Waals surface area (Å²) in [7, 11) is 3.19. The quantitative estimate of drug-likeness (QED) is 0.773. The van der Waals surface area contributed by atoms with Gasteiger partial charge in [0.2, 0.25) is 11.9 Å². The van der Waals surface area contributed by atoms with Crippen LogP contribution in [0.5, 0.6) is 11.5 Å². The van der Waals surface area contributed by atoms with E-state index in [2.05, 4.69) is 20.2 Å². The molecule has 1 aromatic heterocycles. The van der Waals surface area contributed by atoms with Crippen molar-refractivity contribution in [3.8, 4) is 11.5 Å². The second-order valence-electron chi connectivity index (χ2n) is 7.55. The van der Waals surface area contributed by atoms with E-state index in [1.807, 2.05) is 38.1 Å². The lowest BCUT2D eigenvalue weighted by Gasteiger charge is -2.32. The number of carbonyl (C=O) groups excluding carboxylic acids is 1. The van der Waals surface area contributed by atoms with Gasteiger partial charge < -0.3 is 19.7 Å². The van der Waals surface area contributed by atoms with E-state index < -0.39 is 0 Å². The van der Waals surface area contributed by atoms with Crippen LogP contribution in [0.1, 0.15) is 29.8 Å². The first-order chi connectivity index (χ1) is 14.0. The standard InChI is InChI=1S/C22H30N4O3/c1-15-11-16(2)25-22(24-15)26-9-7-17(8-10-26)14-23-21(27)13-18-5-6-19(28-3)20(12-18)29-4/h5-6,11-12,17H,7-10,13-14H2,1-4H3,(H,23,27). The first-order valence-electron chi connectivity index (χ1n) is 10.0. The van der Waals surface area contributed by atoms with Crippen LogP contribution in [0.2, 0.25) is 0 Å². The highest BCUT2D eigenvalue weighted by atomic mass is 16.5. The molecular formula is C22H30N4O3. The fourth-order valence-corrected chi connectivity index (χ4v) is 3.68. The van der Waals surface area contributed by atoms with Gasteiger partial charge in [-0.3, -0.25) is 4.79 Å². The van der Waals surface area contributed by atoms with Crippen molar-refractivity contribution >= 4 is 11.9 Å². The number of nitrogens with one attached hydrogen (secondary N) is 1. The van der Waals surface area contributed by atoms with Crippen molar-refractivity contribution in [2.24, 2.45) is 5.92 Å². The molecule has 2 heterocycles. The molecule has 1 saturated heterocycles. The molecule has 1 amide bonds. The predicted molar refractivity (Wildman–Crippen MR) is 113 cm³/mol. The number of methoxy groups -OCH3 is 2. The molecule has 1 aromatic carbocycles. The van der Waals surface area contributed by atoms with Crippen molar-refractivity contribution in [2.75, 3.05) is 38.8 Å². The Morgan fingerprint density at radius 2 is 1.72 bits per heavy atom. The van der Waals surface area contributed by atoms with Crippen molar-refractivity contribution in [1.82, 2.24) is 15.3 Å². The molecule has 156 valence electrons. The van der Waals surface area contributed by atoms with Crippen LogP contribution in [-0.2, 0) is 11.2 Å². The molecule has 1 N–H and O–H groups in total. The van der Waals surface area contributed by atoms with Crippen LogP contribution in [0, 0.1) is 19.8 Å². The van der Waals surface area contributed by atoms with Crippen LogP contribution in [0.15, 0.2) is 24.3 Å². The second kappa shape index (κ2) is 9.58. The van der Waals surface area contributed by atoms with Gasteiger partial charge in [-0.1, -0.05) is 6.07 Å². The Morgan fingerprint density at radius 1 is 1.07 bits per heavy atom. The van der Waals surface area contributed by atoms with Crippen molar-refractivity contribution in [3.05, 3.63) is 41.2 Å². The van der Waals surface area contributed by atoms with Gasteiger partial charge in [-0.25, -0.2) is 9.97 Å². The summed E-state index contributed by atoms with van der Waals surface area (Å²) in [5.41, 5.74) is 2.90. The van der Waals surface area contributed by atoms with E-state index in [0.717, 1.165) is 48.8 Å². The molecule has 1 aliphatic heterocycles. The molecule has 3 rings (SSSR count). The number of piperidine rings is 1. The van der Waals surface area contributed by atoms with E-state index in [1.165, 1.54) is 0 Å². The van der Waals surface area contributed by atoms with Gasteiger partial charge in [0.15, 0.2) is 11.5 Å². The number of hydrogen-bond donors (Lipinski definition) is 1. The van der Waals surface area contributed by atoms with Gasteiger partial charge in [-0.2, -0.15) is 0 Å². The highest BCUT2D eigenvalue weighted by molar-refractivity contribution is 5.78. The number of carbonyl (C=O) groups is 1.